The van der Waals surface area contributed by atoms with Crippen LogP contribution in [-0.4, -0.2) is 18.2 Å². The third kappa shape index (κ3) is 3.51. The molecule has 0 atom stereocenters. The van der Waals surface area contributed by atoms with E-state index in [2.05, 4.69) is 21.2 Å². The largest absolute Gasteiger partial charge is 0.496 e. The van der Waals surface area contributed by atoms with Gasteiger partial charge >= 0.3 is 5.97 Å². The van der Waals surface area contributed by atoms with Crippen LogP contribution in [0.15, 0.2) is 46.9 Å². The maximum absolute atomic E-state index is 10.8. The number of methoxy groups -OCH3 is 1. The summed E-state index contributed by atoms with van der Waals surface area (Å²) in [6.45, 7) is 0.648. The molecule has 2 rings (SSSR count). The van der Waals surface area contributed by atoms with Crippen molar-refractivity contribution in [3.05, 3.63) is 58.1 Å². The summed E-state index contributed by atoms with van der Waals surface area (Å²) in [7, 11) is 1.63. The third-order valence-electron chi connectivity index (χ3n) is 2.84. The van der Waals surface area contributed by atoms with E-state index in [1.807, 2.05) is 18.2 Å². The van der Waals surface area contributed by atoms with Gasteiger partial charge in [-0.3, -0.25) is 0 Å². The Balaban J connectivity index is 2.01. The predicted molar refractivity (Wildman–Crippen MR) is 81.4 cm³/mol. The zero-order chi connectivity index (χ0) is 14.5. The van der Waals surface area contributed by atoms with Gasteiger partial charge in [-0.1, -0.05) is 6.07 Å². The topological polar surface area (TPSA) is 58.6 Å². The van der Waals surface area contributed by atoms with E-state index in [1.54, 1.807) is 31.4 Å². The molecule has 0 aliphatic heterocycles. The first-order valence-electron chi connectivity index (χ1n) is 6.00. The minimum Gasteiger partial charge on any atom is -0.496 e. The number of benzene rings is 2. The number of anilines is 1. The van der Waals surface area contributed by atoms with E-state index in [9.17, 15) is 4.79 Å². The van der Waals surface area contributed by atoms with Crippen LogP contribution in [0.25, 0.3) is 0 Å². The summed E-state index contributed by atoms with van der Waals surface area (Å²) >= 11 is 3.44. The standard InChI is InChI=1S/C15H14BrNO3/c1-20-14-7-2-10(8-13(14)16)9-17-12-5-3-11(4-6-12)15(18)19/h2-8,17H,9H2,1H3,(H,18,19). The molecule has 0 aliphatic carbocycles. The molecular formula is C15H14BrNO3. The molecule has 0 spiro atoms. The van der Waals surface area contributed by atoms with Gasteiger partial charge in [0, 0.05) is 12.2 Å². The molecule has 0 heterocycles. The number of ether oxygens (including phenoxy) is 1. The van der Waals surface area contributed by atoms with Gasteiger partial charge < -0.3 is 15.2 Å². The molecule has 0 aromatic heterocycles. The van der Waals surface area contributed by atoms with Crippen LogP contribution >= 0.6 is 15.9 Å². The SMILES string of the molecule is COc1ccc(CNc2ccc(C(=O)O)cc2)cc1Br. The lowest BCUT2D eigenvalue weighted by Crippen LogP contribution is -2.01. The molecule has 2 N–H and O–H groups in total. The van der Waals surface area contributed by atoms with Gasteiger partial charge in [0.05, 0.1) is 17.1 Å². The Morgan fingerprint density at radius 2 is 1.95 bits per heavy atom. The maximum atomic E-state index is 10.8. The normalized spacial score (nSPS) is 10.1. The van der Waals surface area contributed by atoms with Crippen molar-refractivity contribution in [2.24, 2.45) is 0 Å². The lowest BCUT2D eigenvalue weighted by molar-refractivity contribution is 0.0697. The van der Waals surface area contributed by atoms with Crippen molar-refractivity contribution in [1.82, 2.24) is 0 Å². The van der Waals surface area contributed by atoms with Crippen molar-refractivity contribution in [3.8, 4) is 5.75 Å². The molecule has 0 saturated carbocycles. The molecule has 0 unspecified atom stereocenters. The molecule has 0 bridgehead atoms. The van der Waals surface area contributed by atoms with E-state index >= 15 is 0 Å². The smallest absolute Gasteiger partial charge is 0.335 e. The van der Waals surface area contributed by atoms with Gasteiger partial charge in [-0.2, -0.15) is 0 Å². The monoisotopic (exact) mass is 335 g/mol. The molecule has 0 aliphatic rings. The summed E-state index contributed by atoms with van der Waals surface area (Å²) in [5.74, 6) is -0.129. The number of carbonyl (C=O) groups is 1. The summed E-state index contributed by atoms with van der Waals surface area (Å²) in [5, 5.41) is 12.1. The number of aromatic carboxylic acids is 1. The number of carboxylic acid groups (broad SMARTS) is 1. The average Bonchev–Trinajstić information content (AvgIpc) is 2.45. The Hall–Kier alpha value is -2.01. The molecule has 5 heteroatoms. The highest BCUT2D eigenvalue weighted by atomic mass is 79.9. The van der Waals surface area contributed by atoms with Gasteiger partial charge in [0.2, 0.25) is 0 Å². The Kier molecular flexibility index (Phi) is 4.63. The first kappa shape index (κ1) is 14.4. The lowest BCUT2D eigenvalue weighted by Gasteiger charge is -2.09. The zero-order valence-electron chi connectivity index (χ0n) is 10.9. The molecule has 0 saturated heterocycles. The fourth-order valence-electron chi connectivity index (χ4n) is 1.75. The second kappa shape index (κ2) is 6.43. The van der Waals surface area contributed by atoms with Gasteiger partial charge in [-0.25, -0.2) is 4.79 Å². The van der Waals surface area contributed by atoms with E-state index in [4.69, 9.17) is 9.84 Å². The Labute approximate surface area is 125 Å². The van der Waals surface area contributed by atoms with Crippen LogP contribution in [-0.2, 0) is 6.54 Å². The van der Waals surface area contributed by atoms with Gasteiger partial charge in [0.15, 0.2) is 0 Å². The minimum atomic E-state index is -0.921. The number of hydrogen-bond donors (Lipinski definition) is 2. The molecular weight excluding hydrogens is 322 g/mol. The second-order valence-electron chi connectivity index (χ2n) is 4.20. The van der Waals surface area contributed by atoms with Crippen molar-refractivity contribution >= 4 is 27.6 Å². The van der Waals surface area contributed by atoms with E-state index < -0.39 is 5.97 Å². The van der Waals surface area contributed by atoms with Gasteiger partial charge in [0.1, 0.15) is 5.75 Å². The van der Waals surface area contributed by atoms with Crippen LogP contribution in [0.4, 0.5) is 5.69 Å². The summed E-state index contributed by atoms with van der Waals surface area (Å²) in [6, 6.07) is 12.5. The molecule has 4 nitrogen and oxygen atoms in total. The quantitative estimate of drug-likeness (QED) is 0.873. The van der Waals surface area contributed by atoms with E-state index in [-0.39, 0.29) is 5.56 Å². The predicted octanol–water partition coefficient (Wildman–Crippen LogP) is 3.77. The highest BCUT2D eigenvalue weighted by Crippen LogP contribution is 2.25. The Morgan fingerprint density at radius 3 is 2.50 bits per heavy atom. The van der Waals surface area contributed by atoms with E-state index in [0.717, 1.165) is 21.5 Å². The van der Waals surface area contributed by atoms with Gasteiger partial charge in [0.25, 0.3) is 0 Å². The summed E-state index contributed by atoms with van der Waals surface area (Å²) < 4.78 is 6.08. The first-order valence-corrected chi connectivity index (χ1v) is 6.79. The fraction of sp³-hybridized carbons (Fsp3) is 0.133. The molecule has 2 aromatic carbocycles. The van der Waals surface area contributed by atoms with Gasteiger partial charge in [-0.05, 0) is 57.9 Å². The van der Waals surface area contributed by atoms with Crippen molar-refractivity contribution in [1.29, 1.82) is 0 Å². The minimum absolute atomic E-state index is 0.280. The molecule has 20 heavy (non-hydrogen) atoms. The van der Waals surface area contributed by atoms with Crippen molar-refractivity contribution in [3.63, 3.8) is 0 Å². The van der Waals surface area contributed by atoms with Crippen LogP contribution in [0.5, 0.6) is 5.75 Å². The lowest BCUT2D eigenvalue weighted by atomic mass is 10.2. The molecule has 0 amide bonds. The fourth-order valence-corrected chi connectivity index (χ4v) is 2.34. The molecule has 0 radical (unpaired) electrons. The number of hydrogen-bond acceptors (Lipinski definition) is 3. The third-order valence-corrected chi connectivity index (χ3v) is 3.46. The highest BCUT2D eigenvalue weighted by molar-refractivity contribution is 9.10. The van der Waals surface area contributed by atoms with Crippen LogP contribution in [0.1, 0.15) is 15.9 Å². The molecule has 2 aromatic rings. The number of carboxylic acids is 1. The summed E-state index contributed by atoms with van der Waals surface area (Å²) in [5.41, 5.74) is 2.25. The molecule has 0 fully saturated rings. The summed E-state index contributed by atoms with van der Waals surface area (Å²) in [6.07, 6.45) is 0. The van der Waals surface area contributed by atoms with Crippen LogP contribution < -0.4 is 10.1 Å². The summed E-state index contributed by atoms with van der Waals surface area (Å²) in [4.78, 5) is 10.8. The Morgan fingerprint density at radius 1 is 1.25 bits per heavy atom. The second-order valence-corrected chi connectivity index (χ2v) is 5.06. The maximum Gasteiger partial charge on any atom is 0.335 e. The van der Waals surface area contributed by atoms with Crippen LogP contribution in [0, 0.1) is 0 Å². The van der Waals surface area contributed by atoms with Crippen LogP contribution in [0.3, 0.4) is 0 Å². The van der Waals surface area contributed by atoms with Crippen molar-refractivity contribution < 1.29 is 14.6 Å². The van der Waals surface area contributed by atoms with E-state index in [0.29, 0.717) is 6.54 Å². The molecule has 104 valence electrons. The number of nitrogens with one attached hydrogen (secondary N) is 1. The highest BCUT2D eigenvalue weighted by Gasteiger charge is 2.03. The Bertz CT molecular complexity index is 611. The van der Waals surface area contributed by atoms with E-state index in [1.165, 1.54) is 0 Å². The van der Waals surface area contributed by atoms with Gasteiger partial charge in [-0.15, -0.1) is 0 Å². The average molecular weight is 336 g/mol. The number of halogens is 1. The van der Waals surface area contributed by atoms with Crippen LogP contribution in [0.2, 0.25) is 0 Å². The first-order chi connectivity index (χ1) is 9.60. The zero-order valence-corrected chi connectivity index (χ0v) is 12.5. The van der Waals surface area contributed by atoms with Crippen molar-refractivity contribution in [2.75, 3.05) is 12.4 Å². The number of rotatable bonds is 5. The van der Waals surface area contributed by atoms with Crippen molar-refractivity contribution in [2.45, 2.75) is 6.54 Å².